The van der Waals surface area contributed by atoms with Crippen molar-refractivity contribution in [2.75, 3.05) is 26.4 Å². The molecule has 3 aromatic carbocycles. The Morgan fingerprint density at radius 2 is 1.78 bits per heavy atom. The number of aliphatic hydroxyl groups is 1. The maximum absolute atomic E-state index is 13.4. The van der Waals surface area contributed by atoms with Gasteiger partial charge in [-0.25, -0.2) is 0 Å². The number of rotatable bonds is 8. The zero-order valence-electron chi connectivity index (χ0n) is 20.3. The number of Topliss-reactive ketones (excluding diaryl/α,β-unsaturated/α-hetero) is 1. The second kappa shape index (κ2) is 10.6. The predicted molar refractivity (Wildman–Crippen MR) is 139 cm³/mol. The average Bonchev–Trinajstić information content (AvgIpc) is 3.20. The van der Waals surface area contributed by atoms with Gasteiger partial charge in [0, 0.05) is 12.1 Å². The predicted octanol–water partition coefficient (Wildman–Crippen LogP) is 4.69. The summed E-state index contributed by atoms with van der Waals surface area (Å²) in [6.07, 6.45) is 2.20. The maximum Gasteiger partial charge on any atom is 0.295 e. The zero-order valence-corrected chi connectivity index (χ0v) is 20.3. The molecule has 1 amide bonds. The standard InChI is InChI=1S/C30H27NO6/c1-2-15-35-23-10-6-9-21(18-23)27-26(28(32)22-11-12-24-25(19-22)37-17-16-36-24)29(33)30(34)31(27)14-13-20-7-4-3-5-8-20/h2-12,18-19,27,32H,1,13-17H2/b28-26+/t27-/m1/s1. The SMILES string of the molecule is C=CCOc1cccc([C@@H]2/C(=C(\O)c3ccc4c(c3)OCCO4)C(=O)C(=O)N2CCc2ccccc2)c1. The highest BCUT2D eigenvalue weighted by Crippen LogP contribution is 2.41. The van der Waals surface area contributed by atoms with Crippen LogP contribution in [0, 0.1) is 0 Å². The maximum atomic E-state index is 13.4. The number of hydrogen-bond acceptors (Lipinski definition) is 6. The molecular weight excluding hydrogens is 470 g/mol. The van der Waals surface area contributed by atoms with E-state index in [0.29, 0.717) is 61.2 Å². The highest BCUT2D eigenvalue weighted by Gasteiger charge is 2.46. The van der Waals surface area contributed by atoms with Crippen molar-refractivity contribution in [2.45, 2.75) is 12.5 Å². The molecule has 5 rings (SSSR count). The molecule has 0 aliphatic carbocycles. The smallest absolute Gasteiger partial charge is 0.295 e. The van der Waals surface area contributed by atoms with E-state index in [9.17, 15) is 14.7 Å². The number of carbonyl (C=O) groups is 2. The van der Waals surface area contributed by atoms with Crippen molar-refractivity contribution in [3.8, 4) is 17.2 Å². The van der Waals surface area contributed by atoms with E-state index in [4.69, 9.17) is 14.2 Å². The second-order valence-corrected chi connectivity index (χ2v) is 8.76. The zero-order chi connectivity index (χ0) is 25.8. The largest absolute Gasteiger partial charge is 0.507 e. The highest BCUT2D eigenvalue weighted by molar-refractivity contribution is 6.46. The van der Waals surface area contributed by atoms with Gasteiger partial charge in [0.15, 0.2) is 11.5 Å². The van der Waals surface area contributed by atoms with Crippen LogP contribution in [-0.4, -0.2) is 48.1 Å². The molecule has 7 nitrogen and oxygen atoms in total. The van der Waals surface area contributed by atoms with Crippen LogP contribution < -0.4 is 14.2 Å². The number of benzene rings is 3. The Hall–Kier alpha value is -4.52. The number of ketones is 1. The average molecular weight is 498 g/mol. The monoisotopic (exact) mass is 497 g/mol. The third-order valence-electron chi connectivity index (χ3n) is 6.38. The van der Waals surface area contributed by atoms with Crippen LogP contribution in [0.3, 0.4) is 0 Å². The fourth-order valence-electron chi connectivity index (χ4n) is 4.63. The van der Waals surface area contributed by atoms with Crippen molar-refractivity contribution in [2.24, 2.45) is 0 Å². The summed E-state index contributed by atoms with van der Waals surface area (Å²) in [5.74, 6) is -0.0367. The summed E-state index contributed by atoms with van der Waals surface area (Å²) >= 11 is 0. The minimum Gasteiger partial charge on any atom is -0.507 e. The van der Waals surface area contributed by atoms with Crippen LogP contribution in [0.2, 0.25) is 0 Å². The van der Waals surface area contributed by atoms with Gasteiger partial charge in [0.2, 0.25) is 0 Å². The van der Waals surface area contributed by atoms with Gasteiger partial charge >= 0.3 is 0 Å². The molecule has 0 unspecified atom stereocenters. The first kappa shape index (κ1) is 24.2. The van der Waals surface area contributed by atoms with Gasteiger partial charge in [0.25, 0.3) is 11.7 Å². The normalized spacial score (nSPS) is 18.1. The van der Waals surface area contributed by atoms with Crippen molar-refractivity contribution in [3.63, 3.8) is 0 Å². The third-order valence-corrected chi connectivity index (χ3v) is 6.38. The van der Waals surface area contributed by atoms with Gasteiger partial charge in [0.05, 0.1) is 11.6 Å². The lowest BCUT2D eigenvalue weighted by molar-refractivity contribution is -0.139. The van der Waals surface area contributed by atoms with Gasteiger partial charge in [-0.1, -0.05) is 55.1 Å². The van der Waals surface area contributed by atoms with Crippen molar-refractivity contribution >= 4 is 17.4 Å². The Morgan fingerprint density at radius 3 is 2.57 bits per heavy atom. The van der Waals surface area contributed by atoms with Gasteiger partial charge in [-0.3, -0.25) is 9.59 Å². The Labute approximate surface area is 215 Å². The molecule has 0 aromatic heterocycles. The lowest BCUT2D eigenvalue weighted by Crippen LogP contribution is -2.31. The van der Waals surface area contributed by atoms with Gasteiger partial charge < -0.3 is 24.2 Å². The molecule has 2 heterocycles. The topological polar surface area (TPSA) is 85.3 Å². The van der Waals surface area contributed by atoms with Crippen molar-refractivity contribution in [1.82, 2.24) is 4.90 Å². The number of hydrogen-bond donors (Lipinski definition) is 1. The highest BCUT2D eigenvalue weighted by atomic mass is 16.6. The van der Waals surface area contributed by atoms with Crippen LogP contribution in [-0.2, 0) is 16.0 Å². The second-order valence-electron chi connectivity index (χ2n) is 8.76. The Kier molecular flexibility index (Phi) is 6.94. The Bertz CT molecular complexity index is 1360. The van der Waals surface area contributed by atoms with Crippen LogP contribution in [0.25, 0.3) is 5.76 Å². The fourth-order valence-corrected chi connectivity index (χ4v) is 4.63. The summed E-state index contributed by atoms with van der Waals surface area (Å²) in [6, 6.07) is 21.1. The van der Waals surface area contributed by atoms with Crippen molar-refractivity contribution < 1.29 is 28.9 Å². The fraction of sp³-hybridized carbons (Fsp3) is 0.200. The molecular formula is C30H27NO6. The molecule has 1 fully saturated rings. The number of ether oxygens (including phenoxy) is 3. The summed E-state index contributed by atoms with van der Waals surface area (Å²) in [4.78, 5) is 28.2. The molecule has 0 bridgehead atoms. The van der Waals surface area contributed by atoms with Gasteiger partial charge in [-0.2, -0.15) is 0 Å². The van der Waals surface area contributed by atoms with E-state index in [1.165, 1.54) is 4.90 Å². The summed E-state index contributed by atoms with van der Waals surface area (Å²) in [5.41, 5.74) is 2.09. The van der Waals surface area contributed by atoms with Crippen LogP contribution in [0.5, 0.6) is 17.2 Å². The first-order valence-electron chi connectivity index (χ1n) is 12.1. The van der Waals surface area contributed by atoms with Crippen molar-refractivity contribution in [3.05, 3.63) is 108 Å². The molecule has 7 heteroatoms. The summed E-state index contributed by atoms with van der Waals surface area (Å²) in [6.45, 7) is 5.12. The lowest BCUT2D eigenvalue weighted by Gasteiger charge is -2.26. The summed E-state index contributed by atoms with van der Waals surface area (Å²) < 4.78 is 16.9. The molecule has 1 saturated heterocycles. The molecule has 188 valence electrons. The molecule has 1 N–H and O–H groups in total. The van der Waals surface area contributed by atoms with E-state index in [-0.39, 0.29) is 11.3 Å². The van der Waals surface area contributed by atoms with Crippen LogP contribution in [0.1, 0.15) is 22.7 Å². The van der Waals surface area contributed by atoms with Gasteiger partial charge in [-0.15, -0.1) is 0 Å². The summed E-state index contributed by atoms with van der Waals surface area (Å²) in [7, 11) is 0. The molecule has 0 spiro atoms. The van der Waals surface area contributed by atoms with E-state index in [1.54, 1.807) is 42.5 Å². The number of likely N-dealkylation sites (tertiary alicyclic amines) is 1. The molecule has 2 aliphatic heterocycles. The lowest BCUT2D eigenvalue weighted by atomic mass is 9.95. The first-order valence-corrected chi connectivity index (χ1v) is 12.1. The minimum absolute atomic E-state index is 0.0237. The number of nitrogens with zero attached hydrogens (tertiary/aromatic N) is 1. The molecule has 0 radical (unpaired) electrons. The minimum atomic E-state index is -0.788. The third kappa shape index (κ3) is 4.93. The molecule has 1 atom stereocenters. The van der Waals surface area contributed by atoms with E-state index in [0.717, 1.165) is 5.56 Å². The van der Waals surface area contributed by atoms with E-state index >= 15 is 0 Å². The van der Waals surface area contributed by atoms with Gasteiger partial charge in [0.1, 0.15) is 31.3 Å². The molecule has 3 aromatic rings. The summed E-state index contributed by atoms with van der Waals surface area (Å²) in [5, 5.41) is 11.4. The van der Waals surface area contributed by atoms with Crippen LogP contribution >= 0.6 is 0 Å². The number of fused-ring (bicyclic) bond motifs is 1. The molecule has 37 heavy (non-hydrogen) atoms. The Balaban J connectivity index is 1.57. The van der Waals surface area contributed by atoms with Crippen LogP contribution in [0.4, 0.5) is 0 Å². The van der Waals surface area contributed by atoms with E-state index < -0.39 is 17.7 Å². The van der Waals surface area contributed by atoms with Crippen molar-refractivity contribution in [1.29, 1.82) is 0 Å². The van der Waals surface area contributed by atoms with Gasteiger partial charge in [-0.05, 0) is 47.9 Å². The first-order chi connectivity index (χ1) is 18.1. The van der Waals surface area contributed by atoms with E-state index in [1.807, 2.05) is 36.4 Å². The Morgan fingerprint density at radius 1 is 1.00 bits per heavy atom. The quantitative estimate of drug-likeness (QED) is 0.210. The number of carbonyl (C=O) groups excluding carboxylic acids is 2. The van der Waals surface area contributed by atoms with E-state index in [2.05, 4.69) is 6.58 Å². The van der Waals surface area contributed by atoms with Crippen LogP contribution in [0.15, 0.2) is 91.0 Å². The number of aliphatic hydroxyl groups excluding tert-OH is 1. The molecule has 0 saturated carbocycles. The molecule has 2 aliphatic rings. The number of amides is 1.